The van der Waals surface area contributed by atoms with E-state index in [0.29, 0.717) is 17.5 Å². The van der Waals surface area contributed by atoms with E-state index in [9.17, 15) is 0 Å². The summed E-state index contributed by atoms with van der Waals surface area (Å²) in [4.78, 5) is 0. The second kappa shape index (κ2) is 5.64. The molecule has 3 heterocycles. The fourth-order valence-electron chi connectivity index (χ4n) is 4.18. The number of hydrogen-bond donors (Lipinski definition) is 0. The Bertz CT molecular complexity index is 1120. The van der Waals surface area contributed by atoms with Crippen molar-refractivity contribution in [3.05, 3.63) is 81.7 Å². The summed E-state index contributed by atoms with van der Waals surface area (Å²) in [7, 11) is 0. The third kappa shape index (κ3) is 2.20. The largest absolute Gasteiger partial charge is 0.489 e. The average molecular weight is 379 g/mol. The Morgan fingerprint density at radius 3 is 2.78 bits per heavy atom. The first-order valence-corrected chi connectivity index (χ1v) is 9.33. The van der Waals surface area contributed by atoms with Crippen LogP contribution in [-0.2, 0) is 5.41 Å². The van der Waals surface area contributed by atoms with E-state index in [1.54, 1.807) is 4.68 Å². The highest BCUT2D eigenvalue weighted by atomic mass is 35.5. The summed E-state index contributed by atoms with van der Waals surface area (Å²) in [5.74, 6) is 1.62. The fourth-order valence-corrected chi connectivity index (χ4v) is 4.40. The molecule has 27 heavy (non-hydrogen) atoms. The molecule has 1 aromatic heterocycles. The molecule has 3 aromatic rings. The number of rotatable bonds is 1. The number of aryl methyl sites for hydroxylation is 2. The van der Waals surface area contributed by atoms with Gasteiger partial charge in [-0.2, -0.15) is 9.78 Å². The maximum atomic E-state index is 6.43. The molecule has 0 aliphatic carbocycles. The van der Waals surface area contributed by atoms with Crippen LogP contribution < -0.4 is 9.47 Å². The van der Waals surface area contributed by atoms with Crippen molar-refractivity contribution in [3.63, 3.8) is 0 Å². The van der Waals surface area contributed by atoms with E-state index in [1.807, 2.05) is 37.5 Å². The van der Waals surface area contributed by atoms with Crippen LogP contribution in [0, 0.1) is 13.8 Å². The first-order valence-electron chi connectivity index (χ1n) is 8.95. The summed E-state index contributed by atoms with van der Waals surface area (Å²) in [6.45, 7) is 6.85. The monoisotopic (exact) mass is 378 g/mol. The van der Waals surface area contributed by atoms with Gasteiger partial charge in [0.05, 0.1) is 33.6 Å². The van der Waals surface area contributed by atoms with Crippen molar-refractivity contribution in [2.24, 2.45) is 0 Å². The number of benzene rings is 2. The van der Waals surface area contributed by atoms with Gasteiger partial charge in [-0.15, -0.1) is 0 Å². The zero-order chi connectivity index (χ0) is 18.8. The molecule has 0 fully saturated rings. The van der Waals surface area contributed by atoms with Gasteiger partial charge in [0.25, 0.3) is 0 Å². The van der Waals surface area contributed by atoms with Gasteiger partial charge in [-0.3, -0.25) is 0 Å². The van der Waals surface area contributed by atoms with Crippen LogP contribution in [0.5, 0.6) is 11.6 Å². The molecule has 2 aliphatic rings. The lowest BCUT2D eigenvalue weighted by Gasteiger charge is -2.40. The molecule has 136 valence electrons. The molecule has 0 bridgehead atoms. The van der Waals surface area contributed by atoms with Crippen molar-refractivity contribution >= 4 is 11.6 Å². The second-order valence-electron chi connectivity index (χ2n) is 7.30. The van der Waals surface area contributed by atoms with Gasteiger partial charge in [-0.05, 0) is 39.0 Å². The predicted molar refractivity (Wildman–Crippen MR) is 105 cm³/mol. The Morgan fingerprint density at radius 1 is 1.15 bits per heavy atom. The molecule has 0 spiro atoms. The van der Waals surface area contributed by atoms with Gasteiger partial charge >= 0.3 is 0 Å². The van der Waals surface area contributed by atoms with E-state index >= 15 is 0 Å². The molecule has 0 saturated heterocycles. The van der Waals surface area contributed by atoms with E-state index in [0.717, 1.165) is 33.8 Å². The van der Waals surface area contributed by atoms with Crippen molar-refractivity contribution in [3.8, 4) is 17.3 Å². The average Bonchev–Trinajstić information content (AvgIpc) is 3.00. The third-order valence-corrected chi connectivity index (χ3v) is 5.93. The van der Waals surface area contributed by atoms with E-state index in [1.165, 1.54) is 5.56 Å². The van der Waals surface area contributed by atoms with Crippen LogP contribution in [0.1, 0.15) is 29.3 Å². The van der Waals surface area contributed by atoms with E-state index in [-0.39, 0.29) is 5.41 Å². The molecule has 0 radical (unpaired) electrons. The SMILES string of the molecule is Cc1ccc2c(c1)[C@]1(C)C(=COc3c1c(C)nn3-c1ccccc1Cl)CO2. The summed E-state index contributed by atoms with van der Waals surface area (Å²) in [6, 6.07) is 14.0. The van der Waals surface area contributed by atoms with Gasteiger partial charge in [-0.1, -0.05) is 41.4 Å². The maximum absolute atomic E-state index is 6.43. The van der Waals surface area contributed by atoms with Crippen molar-refractivity contribution in [1.82, 2.24) is 9.78 Å². The molecule has 0 N–H and O–H groups in total. The third-order valence-electron chi connectivity index (χ3n) is 5.61. The Balaban J connectivity index is 1.80. The van der Waals surface area contributed by atoms with Gasteiger partial charge in [0.1, 0.15) is 12.4 Å². The lowest BCUT2D eigenvalue weighted by Crippen LogP contribution is -2.37. The maximum Gasteiger partial charge on any atom is 0.226 e. The van der Waals surface area contributed by atoms with Gasteiger partial charge in [0, 0.05) is 11.1 Å². The summed E-state index contributed by atoms with van der Waals surface area (Å²) in [5.41, 5.74) is 5.88. The number of aromatic nitrogens is 2. The van der Waals surface area contributed by atoms with E-state index in [4.69, 9.17) is 26.2 Å². The van der Waals surface area contributed by atoms with Gasteiger partial charge in [-0.25, -0.2) is 0 Å². The molecule has 1 atom stereocenters. The normalized spacial score (nSPS) is 19.9. The van der Waals surface area contributed by atoms with Crippen molar-refractivity contribution in [2.75, 3.05) is 6.61 Å². The highest BCUT2D eigenvalue weighted by Gasteiger charge is 2.47. The minimum absolute atomic E-state index is 0.350. The summed E-state index contributed by atoms with van der Waals surface area (Å²) < 4.78 is 13.8. The zero-order valence-corrected chi connectivity index (χ0v) is 16.2. The molecule has 0 unspecified atom stereocenters. The number of para-hydroxylation sites is 1. The Kier molecular flexibility index (Phi) is 3.43. The topological polar surface area (TPSA) is 36.3 Å². The number of nitrogens with zero attached hydrogens (tertiary/aromatic N) is 2. The molecule has 0 amide bonds. The van der Waals surface area contributed by atoms with Crippen LogP contribution >= 0.6 is 11.6 Å². The first-order chi connectivity index (χ1) is 13.0. The van der Waals surface area contributed by atoms with Crippen LogP contribution in [0.15, 0.2) is 54.3 Å². The van der Waals surface area contributed by atoms with Crippen molar-refractivity contribution in [2.45, 2.75) is 26.2 Å². The first kappa shape index (κ1) is 16.5. The quantitative estimate of drug-likeness (QED) is 0.589. The Hall–Kier alpha value is -2.72. The van der Waals surface area contributed by atoms with Crippen LogP contribution in [0.3, 0.4) is 0 Å². The van der Waals surface area contributed by atoms with Crippen LogP contribution in [-0.4, -0.2) is 16.4 Å². The number of ether oxygens (including phenoxy) is 2. The lowest BCUT2D eigenvalue weighted by atomic mass is 9.68. The summed E-state index contributed by atoms with van der Waals surface area (Å²) in [5, 5.41) is 5.42. The summed E-state index contributed by atoms with van der Waals surface area (Å²) >= 11 is 6.43. The lowest BCUT2D eigenvalue weighted by molar-refractivity contribution is 0.280. The van der Waals surface area contributed by atoms with Crippen LogP contribution in [0.4, 0.5) is 0 Å². The molecular weight excluding hydrogens is 360 g/mol. The van der Waals surface area contributed by atoms with Gasteiger partial charge in [0.15, 0.2) is 0 Å². The van der Waals surface area contributed by atoms with Crippen molar-refractivity contribution < 1.29 is 9.47 Å². The number of fused-ring (bicyclic) bond motifs is 5. The second-order valence-corrected chi connectivity index (χ2v) is 7.71. The fraction of sp³-hybridized carbons (Fsp3) is 0.227. The Labute approximate surface area is 163 Å². The minimum atomic E-state index is -0.350. The number of hydrogen-bond acceptors (Lipinski definition) is 3. The molecule has 4 nitrogen and oxygen atoms in total. The highest BCUT2D eigenvalue weighted by Crippen LogP contribution is 2.53. The number of halogens is 1. The Morgan fingerprint density at radius 2 is 1.96 bits per heavy atom. The molecular formula is C22H19ClN2O2. The van der Waals surface area contributed by atoms with E-state index in [2.05, 4.69) is 32.0 Å². The molecule has 5 heteroatoms. The van der Waals surface area contributed by atoms with Crippen LogP contribution in [0.25, 0.3) is 5.69 Å². The smallest absolute Gasteiger partial charge is 0.226 e. The predicted octanol–water partition coefficient (Wildman–Crippen LogP) is 5.12. The molecule has 2 aliphatic heterocycles. The zero-order valence-electron chi connectivity index (χ0n) is 15.4. The standard InChI is InChI=1S/C22H19ClN2O2/c1-13-8-9-19-16(10-13)22(3)15(11-26-19)12-27-21-20(22)14(2)24-25(21)18-7-5-4-6-17(18)23/h4-10,12H,11H2,1-3H3/t22-/m0/s1. The van der Waals surface area contributed by atoms with Crippen LogP contribution in [0.2, 0.25) is 5.02 Å². The highest BCUT2D eigenvalue weighted by molar-refractivity contribution is 6.32. The van der Waals surface area contributed by atoms with Gasteiger partial charge in [0.2, 0.25) is 5.88 Å². The van der Waals surface area contributed by atoms with Crippen molar-refractivity contribution in [1.29, 1.82) is 0 Å². The minimum Gasteiger partial charge on any atom is -0.489 e. The molecule has 2 aromatic carbocycles. The van der Waals surface area contributed by atoms with Gasteiger partial charge < -0.3 is 9.47 Å². The van der Waals surface area contributed by atoms with E-state index < -0.39 is 0 Å². The molecule has 0 saturated carbocycles. The molecule has 5 rings (SSSR count). The summed E-state index contributed by atoms with van der Waals surface area (Å²) in [6.07, 6.45) is 1.81.